The van der Waals surface area contributed by atoms with Crippen molar-refractivity contribution in [3.63, 3.8) is 0 Å². The molecule has 2 heterocycles. The third-order valence-electron chi connectivity index (χ3n) is 2.05. The van der Waals surface area contributed by atoms with Crippen molar-refractivity contribution in [1.29, 1.82) is 0 Å². The number of thiazole rings is 1. The van der Waals surface area contributed by atoms with Crippen molar-refractivity contribution in [3.05, 3.63) is 41.4 Å². The summed E-state index contributed by atoms with van der Waals surface area (Å²) in [5.41, 5.74) is 2.84. The molecule has 2 aromatic heterocycles. The van der Waals surface area contributed by atoms with Gasteiger partial charge in [-0.05, 0) is 12.1 Å². The summed E-state index contributed by atoms with van der Waals surface area (Å²) >= 11 is 1.56. The third kappa shape index (κ3) is 1.04. The number of hydrogen-bond donors (Lipinski definition) is 0. The van der Waals surface area contributed by atoms with E-state index in [9.17, 15) is 0 Å². The molecular formula is C10H6N3S. The number of hydrogen-bond acceptors (Lipinski definition) is 3. The van der Waals surface area contributed by atoms with Crippen molar-refractivity contribution >= 4 is 22.2 Å². The second-order valence-electron chi connectivity index (χ2n) is 2.89. The van der Waals surface area contributed by atoms with Gasteiger partial charge in [-0.3, -0.25) is 0 Å². The first kappa shape index (κ1) is 7.70. The first-order chi connectivity index (χ1) is 6.95. The summed E-state index contributed by atoms with van der Waals surface area (Å²) in [6, 6.07) is 8.83. The molecule has 14 heavy (non-hydrogen) atoms. The predicted molar refractivity (Wildman–Crippen MR) is 55.6 cm³/mol. The molecule has 0 fully saturated rings. The van der Waals surface area contributed by atoms with Gasteiger partial charge < -0.3 is 0 Å². The van der Waals surface area contributed by atoms with Gasteiger partial charge in [0, 0.05) is 10.8 Å². The Morgan fingerprint density at radius 1 is 1.43 bits per heavy atom. The summed E-state index contributed by atoms with van der Waals surface area (Å²) in [7, 11) is 0. The summed E-state index contributed by atoms with van der Waals surface area (Å²) in [4.78, 5) is 4.21. The number of aromatic nitrogens is 3. The lowest BCUT2D eigenvalue weighted by Crippen LogP contribution is -1.95. The van der Waals surface area contributed by atoms with E-state index in [-0.39, 0.29) is 0 Å². The normalized spacial score (nSPS) is 10.9. The van der Waals surface area contributed by atoms with Crippen LogP contribution in [0.15, 0.2) is 35.3 Å². The van der Waals surface area contributed by atoms with Gasteiger partial charge in [0.25, 0.3) is 0 Å². The van der Waals surface area contributed by atoms with Crippen molar-refractivity contribution < 1.29 is 0 Å². The highest BCUT2D eigenvalue weighted by atomic mass is 32.1. The molecule has 0 saturated heterocycles. The first-order valence-corrected chi connectivity index (χ1v) is 5.12. The maximum atomic E-state index is 4.28. The van der Waals surface area contributed by atoms with Crippen LogP contribution in [-0.2, 0) is 0 Å². The number of nitrogens with zero attached hydrogens (tertiary/aromatic N) is 3. The molecule has 0 aliphatic carbocycles. The molecule has 0 N–H and O–H groups in total. The lowest BCUT2D eigenvalue weighted by Gasteiger charge is -1.96. The maximum Gasteiger partial charge on any atom is 0.164 e. The minimum Gasteiger partial charge on any atom is -0.226 e. The summed E-state index contributed by atoms with van der Waals surface area (Å²) in [6.07, 6.45) is 1.84. The molecule has 3 rings (SSSR count). The van der Waals surface area contributed by atoms with E-state index in [1.807, 2.05) is 34.5 Å². The summed E-state index contributed by atoms with van der Waals surface area (Å²) in [5, 5.41) is 7.36. The van der Waals surface area contributed by atoms with Gasteiger partial charge in [0.1, 0.15) is 0 Å². The Morgan fingerprint density at radius 2 is 2.43 bits per heavy atom. The van der Waals surface area contributed by atoms with Crippen LogP contribution in [-0.4, -0.2) is 14.8 Å². The van der Waals surface area contributed by atoms with Crippen LogP contribution in [0.1, 0.15) is 0 Å². The second kappa shape index (κ2) is 2.92. The van der Waals surface area contributed by atoms with Crippen LogP contribution in [0, 0.1) is 6.07 Å². The molecule has 1 radical (unpaired) electrons. The van der Waals surface area contributed by atoms with Crippen LogP contribution in [0.4, 0.5) is 0 Å². The van der Waals surface area contributed by atoms with E-state index in [0.29, 0.717) is 0 Å². The molecule has 1 aromatic carbocycles. The fourth-order valence-electron chi connectivity index (χ4n) is 1.40. The fraction of sp³-hybridized carbons (Fsp3) is 0. The molecule has 0 aliphatic heterocycles. The van der Waals surface area contributed by atoms with Gasteiger partial charge >= 0.3 is 0 Å². The first-order valence-electron chi connectivity index (χ1n) is 4.17. The Bertz CT molecular complexity index is 554. The van der Waals surface area contributed by atoms with Gasteiger partial charge in [0.05, 0.1) is 17.2 Å². The fourth-order valence-corrected chi connectivity index (χ4v) is 1.91. The monoisotopic (exact) mass is 200 g/mol. The van der Waals surface area contributed by atoms with E-state index in [1.54, 1.807) is 16.8 Å². The quantitative estimate of drug-likeness (QED) is 0.603. The van der Waals surface area contributed by atoms with Crippen molar-refractivity contribution in [2.45, 2.75) is 0 Å². The van der Waals surface area contributed by atoms with Crippen LogP contribution in [0.2, 0.25) is 0 Å². The second-order valence-corrected chi connectivity index (χ2v) is 3.61. The van der Waals surface area contributed by atoms with Crippen molar-refractivity contribution in [2.24, 2.45) is 0 Å². The van der Waals surface area contributed by atoms with Crippen molar-refractivity contribution in [3.8, 4) is 5.82 Å². The Balaban J connectivity index is 2.33. The molecule has 0 spiro atoms. The average Bonchev–Trinajstić information content (AvgIpc) is 2.85. The summed E-state index contributed by atoms with van der Waals surface area (Å²) in [6.45, 7) is 0. The average molecular weight is 200 g/mol. The third-order valence-corrected chi connectivity index (χ3v) is 2.63. The molecule has 0 atom stereocenters. The van der Waals surface area contributed by atoms with Gasteiger partial charge in [-0.2, -0.15) is 5.10 Å². The van der Waals surface area contributed by atoms with E-state index in [1.165, 1.54) is 0 Å². The molecule has 3 nitrogen and oxygen atoms in total. The molecule has 0 saturated carbocycles. The van der Waals surface area contributed by atoms with Crippen LogP contribution in [0.5, 0.6) is 0 Å². The van der Waals surface area contributed by atoms with E-state index >= 15 is 0 Å². The molecule has 0 bridgehead atoms. The minimum atomic E-state index is 0.865. The van der Waals surface area contributed by atoms with E-state index in [2.05, 4.69) is 16.1 Å². The molecule has 3 aromatic rings. The Labute approximate surface area is 84.6 Å². The molecule has 0 aliphatic rings. The zero-order valence-electron chi connectivity index (χ0n) is 7.21. The van der Waals surface area contributed by atoms with Crippen molar-refractivity contribution in [1.82, 2.24) is 14.8 Å². The topological polar surface area (TPSA) is 30.7 Å². The minimum absolute atomic E-state index is 0.865. The summed E-state index contributed by atoms with van der Waals surface area (Å²) < 4.78 is 1.82. The van der Waals surface area contributed by atoms with Gasteiger partial charge in [-0.1, -0.05) is 12.1 Å². The molecule has 0 amide bonds. The van der Waals surface area contributed by atoms with Gasteiger partial charge in [-0.15, -0.1) is 11.3 Å². The zero-order valence-corrected chi connectivity index (χ0v) is 8.03. The van der Waals surface area contributed by atoms with Crippen LogP contribution < -0.4 is 0 Å². The summed E-state index contributed by atoms with van der Waals surface area (Å²) in [5.74, 6) is 0.865. The highest BCUT2D eigenvalue weighted by Crippen LogP contribution is 2.16. The molecule has 0 unspecified atom stereocenters. The predicted octanol–water partition coefficient (Wildman–Crippen LogP) is 2.28. The van der Waals surface area contributed by atoms with Gasteiger partial charge in [0.2, 0.25) is 0 Å². The highest BCUT2D eigenvalue weighted by Gasteiger charge is 2.04. The Morgan fingerprint density at radius 3 is 3.29 bits per heavy atom. The van der Waals surface area contributed by atoms with Crippen LogP contribution >= 0.6 is 11.3 Å². The molecule has 67 valence electrons. The lowest BCUT2D eigenvalue weighted by molar-refractivity contribution is 0.883. The van der Waals surface area contributed by atoms with Crippen LogP contribution in [0.3, 0.4) is 0 Å². The van der Waals surface area contributed by atoms with E-state index < -0.39 is 0 Å². The Kier molecular flexibility index (Phi) is 1.61. The van der Waals surface area contributed by atoms with Gasteiger partial charge in [0.15, 0.2) is 5.82 Å². The number of benzene rings is 1. The van der Waals surface area contributed by atoms with Gasteiger partial charge in [-0.25, -0.2) is 9.67 Å². The maximum absolute atomic E-state index is 4.28. The Hall–Kier alpha value is -1.68. The molecule has 4 heteroatoms. The SMILES string of the molecule is [c]1ccc2cnn(-c3cscn3)c2c1. The standard InChI is InChI=1S/C10H6N3S/c1-2-4-9-8(3-1)5-12-13(9)10-6-14-7-11-10/h1,3-7H. The molecular weight excluding hydrogens is 194 g/mol. The highest BCUT2D eigenvalue weighted by molar-refractivity contribution is 7.07. The zero-order chi connectivity index (χ0) is 9.38. The van der Waals surface area contributed by atoms with Crippen LogP contribution in [0.25, 0.3) is 16.7 Å². The number of fused-ring (bicyclic) bond motifs is 1. The van der Waals surface area contributed by atoms with Crippen molar-refractivity contribution in [2.75, 3.05) is 0 Å². The van der Waals surface area contributed by atoms with E-state index in [4.69, 9.17) is 0 Å². The smallest absolute Gasteiger partial charge is 0.164 e. The van der Waals surface area contributed by atoms with E-state index in [0.717, 1.165) is 16.7 Å². The number of rotatable bonds is 1. The largest absolute Gasteiger partial charge is 0.226 e. The lowest BCUT2D eigenvalue weighted by atomic mass is 10.3.